The van der Waals surface area contributed by atoms with Gasteiger partial charge >= 0.3 is 0 Å². The molecule has 2 amide bonds. The third kappa shape index (κ3) is 4.57. The number of fused-ring (bicyclic) bond motifs is 1. The van der Waals surface area contributed by atoms with Crippen LogP contribution in [0.1, 0.15) is 41.3 Å². The molecule has 0 fully saturated rings. The smallest absolute Gasteiger partial charge is 0.223 e. The summed E-state index contributed by atoms with van der Waals surface area (Å²) in [7, 11) is 0. The molecule has 1 atom stereocenters. The van der Waals surface area contributed by atoms with E-state index in [1.54, 1.807) is 6.20 Å². The zero-order valence-corrected chi connectivity index (χ0v) is 16.8. The van der Waals surface area contributed by atoms with E-state index in [-0.39, 0.29) is 30.7 Å². The van der Waals surface area contributed by atoms with Crippen LogP contribution in [0.4, 0.5) is 0 Å². The fourth-order valence-corrected chi connectivity index (χ4v) is 3.97. The predicted octanol–water partition coefficient (Wildman–Crippen LogP) is 3.65. The van der Waals surface area contributed by atoms with Gasteiger partial charge in [-0.1, -0.05) is 60.7 Å². The highest BCUT2D eigenvalue weighted by atomic mass is 16.2. The number of carbonyl (C=O) groups excluding carboxylic acids is 2. The van der Waals surface area contributed by atoms with Crippen molar-refractivity contribution in [2.45, 2.75) is 31.8 Å². The van der Waals surface area contributed by atoms with Crippen LogP contribution in [-0.2, 0) is 22.6 Å². The first-order valence-electron chi connectivity index (χ1n) is 10.3. The van der Waals surface area contributed by atoms with E-state index >= 15 is 0 Å². The van der Waals surface area contributed by atoms with E-state index in [1.807, 2.05) is 53.4 Å². The molecule has 1 aromatic heterocycles. The Hall–Kier alpha value is -3.47. The van der Waals surface area contributed by atoms with Gasteiger partial charge in [0.15, 0.2) is 0 Å². The fraction of sp³-hybridized carbons (Fsp3) is 0.240. The van der Waals surface area contributed by atoms with Gasteiger partial charge in [0.1, 0.15) is 0 Å². The molecule has 0 radical (unpaired) electrons. The highest BCUT2D eigenvalue weighted by Crippen LogP contribution is 2.35. The molecule has 0 bridgehead atoms. The molecule has 0 unspecified atom stereocenters. The van der Waals surface area contributed by atoms with Crippen LogP contribution in [0, 0.1) is 0 Å². The third-order valence-electron chi connectivity index (χ3n) is 5.48. The van der Waals surface area contributed by atoms with Gasteiger partial charge in [0.25, 0.3) is 0 Å². The molecular formula is C25H25N3O2. The maximum Gasteiger partial charge on any atom is 0.223 e. The lowest BCUT2D eigenvalue weighted by Crippen LogP contribution is -2.41. The first kappa shape index (κ1) is 19.8. The molecule has 2 aromatic carbocycles. The van der Waals surface area contributed by atoms with E-state index in [4.69, 9.17) is 0 Å². The van der Waals surface area contributed by atoms with Gasteiger partial charge in [-0.25, -0.2) is 0 Å². The summed E-state index contributed by atoms with van der Waals surface area (Å²) < 4.78 is 0. The predicted molar refractivity (Wildman–Crippen MR) is 115 cm³/mol. The summed E-state index contributed by atoms with van der Waals surface area (Å²) in [5, 5.41) is 2.84. The maximum atomic E-state index is 13.1. The van der Waals surface area contributed by atoms with Crippen molar-refractivity contribution in [2.75, 3.05) is 6.54 Å². The van der Waals surface area contributed by atoms with Crippen molar-refractivity contribution in [1.29, 1.82) is 0 Å². The van der Waals surface area contributed by atoms with Crippen LogP contribution in [0.5, 0.6) is 0 Å². The number of pyridine rings is 1. The Bertz CT molecular complexity index is 1010. The van der Waals surface area contributed by atoms with Gasteiger partial charge in [-0.15, -0.1) is 0 Å². The zero-order chi connectivity index (χ0) is 20.8. The second-order valence-electron chi connectivity index (χ2n) is 7.45. The second-order valence-corrected chi connectivity index (χ2v) is 7.45. The van der Waals surface area contributed by atoms with Crippen molar-refractivity contribution >= 4 is 11.8 Å². The number of amides is 2. The SMILES string of the molecule is O=C(CCC(=O)N1CCc2ccccc2[C@H]1c1ccccc1)NCc1ccccn1. The summed E-state index contributed by atoms with van der Waals surface area (Å²) in [6.45, 7) is 1.03. The van der Waals surface area contributed by atoms with Crippen LogP contribution < -0.4 is 5.32 Å². The van der Waals surface area contributed by atoms with Gasteiger partial charge in [-0.3, -0.25) is 14.6 Å². The Kier molecular flexibility index (Phi) is 6.18. The van der Waals surface area contributed by atoms with E-state index in [9.17, 15) is 9.59 Å². The molecular weight excluding hydrogens is 374 g/mol. The Morgan fingerprint density at radius 3 is 2.50 bits per heavy atom. The molecule has 5 nitrogen and oxygen atoms in total. The number of carbonyl (C=O) groups is 2. The largest absolute Gasteiger partial charge is 0.350 e. The summed E-state index contributed by atoms with van der Waals surface area (Å²) in [6.07, 6.45) is 2.89. The lowest BCUT2D eigenvalue weighted by molar-refractivity contribution is -0.135. The average Bonchev–Trinajstić information content (AvgIpc) is 2.81. The molecule has 0 saturated heterocycles. The van der Waals surface area contributed by atoms with Crippen molar-refractivity contribution in [1.82, 2.24) is 15.2 Å². The topological polar surface area (TPSA) is 62.3 Å². The molecule has 4 rings (SSSR count). The summed E-state index contributed by atoms with van der Waals surface area (Å²) >= 11 is 0. The summed E-state index contributed by atoms with van der Waals surface area (Å²) in [5.41, 5.74) is 4.35. The van der Waals surface area contributed by atoms with Crippen LogP contribution in [0.15, 0.2) is 79.0 Å². The Labute approximate surface area is 176 Å². The van der Waals surface area contributed by atoms with Crippen LogP contribution in [0.2, 0.25) is 0 Å². The highest BCUT2D eigenvalue weighted by molar-refractivity contribution is 5.84. The number of hydrogen-bond donors (Lipinski definition) is 1. The Morgan fingerprint density at radius 1 is 0.933 bits per heavy atom. The minimum absolute atomic E-state index is 0.00587. The third-order valence-corrected chi connectivity index (χ3v) is 5.48. The minimum atomic E-state index is -0.136. The molecule has 1 aliphatic rings. The Balaban J connectivity index is 1.43. The lowest BCUT2D eigenvalue weighted by atomic mass is 9.88. The van der Waals surface area contributed by atoms with Crippen molar-refractivity contribution in [3.63, 3.8) is 0 Å². The minimum Gasteiger partial charge on any atom is -0.350 e. The van der Waals surface area contributed by atoms with E-state index in [0.717, 1.165) is 17.7 Å². The van der Waals surface area contributed by atoms with Gasteiger partial charge in [0.2, 0.25) is 11.8 Å². The summed E-state index contributed by atoms with van der Waals surface area (Å²) in [4.78, 5) is 31.5. The van der Waals surface area contributed by atoms with Crippen molar-refractivity contribution in [2.24, 2.45) is 0 Å². The maximum absolute atomic E-state index is 13.1. The molecule has 152 valence electrons. The summed E-state index contributed by atoms with van der Waals surface area (Å²) in [5.74, 6) is -0.131. The quantitative estimate of drug-likeness (QED) is 0.688. The van der Waals surface area contributed by atoms with Gasteiger partial charge in [0.05, 0.1) is 18.3 Å². The van der Waals surface area contributed by atoms with Crippen LogP contribution >= 0.6 is 0 Å². The molecule has 1 N–H and O–H groups in total. The second kappa shape index (κ2) is 9.35. The molecule has 3 aromatic rings. The molecule has 0 saturated carbocycles. The van der Waals surface area contributed by atoms with Gasteiger partial charge in [-0.2, -0.15) is 0 Å². The molecule has 0 aliphatic carbocycles. The Morgan fingerprint density at radius 2 is 1.70 bits per heavy atom. The van der Waals surface area contributed by atoms with Gasteiger partial charge < -0.3 is 10.2 Å². The highest BCUT2D eigenvalue weighted by Gasteiger charge is 2.31. The number of benzene rings is 2. The van der Waals surface area contributed by atoms with E-state index in [2.05, 4.69) is 34.6 Å². The van der Waals surface area contributed by atoms with Crippen LogP contribution in [0.3, 0.4) is 0 Å². The zero-order valence-electron chi connectivity index (χ0n) is 16.8. The molecule has 30 heavy (non-hydrogen) atoms. The molecule has 1 aliphatic heterocycles. The monoisotopic (exact) mass is 399 g/mol. The number of nitrogens with one attached hydrogen (secondary N) is 1. The normalized spacial score (nSPS) is 15.3. The molecule has 2 heterocycles. The number of nitrogens with zero attached hydrogens (tertiary/aromatic N) is 2. The van der Waals surface area contributed by atoms with E-state index in [1.165, 1.54) is 11.1 Å². The van der Waals surface area contributed by atoms with Crippen LogP contribution in [0.25, 0.3) is 0 Å². The lowest BCUT2D eigenvalue weighted by Gasteiger charge is -2.38. The fourth-order valence-electron chi connectivity index (χ4n) is 3.97. The average molecular weight is 399 g/mol. The molecule has 5 heteroatoms. The number of rotatable bonds is 6. The van der Waals surface area contributed by atoms with Gasteiger partial charge in [-0.05, 0) is 35.2 Å². The molecule has 0 spiro atoms. The van der Waals surface area contributed by atoms with E-state index in [0.29, 0.717) is 13.1 Å². The number of hydrogen-bond acceptors (Lipinski definition) is 3. The first-order valence-corrected chi connectivity index (χ1v) is 10.3. The standard InChI is InChI=1S/C25H25N3O2/c29-23(27-18-21-11-6-7-16-26-21)13-14-24(30)28-17-15-19-8-4-5-12-22(19)25(28)20-9-2-1-3-10-20/h1-12,16,25H,13-15,17-18H2,(H,27,29)/t25-/m1/s1. The number of aromatic nitrogens is 1. The van der Waals surface area contributed by atoms with Crippen molar-refractivity contribution in [3.05, 3.63) is 101 Å². The van der Waals surface area contributed by atoms with Crippen molar-refractivity contribution in [3.8, 4) is 0 Å². The summed E-state index contributed by atoms with van der Waals surface area (Å²) in [6, 6.07) is 23.9. The first-order chi connectivity index (χ1) is 14.7. The van der Waals surface area contributed by atoms with Crippen LogP contribution in [-0.4, -0.2) is 28.2 Å². The van der Waals surface area contributed by atoms with Gasteiger partial charge in [0, 0.05) is 25.6 Å². The van der Waals surface area contributed by atoms with E-state index < -0.39 is 0 Å². The van der Waals surface area contributed by atoms with Crippen molar-refractivity contribution < 1.29 is 9.59 Å².